The van der Waals surface area contributed by atoms with Crippen LogP contribution in [0, 0.1) is 11.3 Å². The third-order valence-electron chi connectivity index (χ3n) is 7.09. The van der Waals surface area contributed by atoms with Crippen molar-refractivity contribution in [1.29, 1.82) is 5.26 Å². The second-order valence-electron chi connectivity index (χ2n) is 9.39. The Labute approximate surface area is 232 Å². The van der Waals surface area contributed by atoms with Gasteiger partial charge in [-0.3, -0.25) is 14.5 Å². The molecule has 2 saturated heterocycles. The number of halogens is 2. The number of aromatic hydroxyl groups is 1. The van der Waals surface area contributed by atoms with Crippen molar-refractivity contribution in [3.63, 3.8) is 0 Å². The minimum absolute atomic E-state index is 0.0125. The van der Waals surface area contributed by atoms with Gasteiger partial charge in [-0.2, -0.15) is 5.26 Å². The van der Waals surface area contributed by atoms with E-state index in [9.17, 15) is 14.7 Å². The molecule has 0 radical (unpaired) electrons. The molecule has 2 aromatic rings. The van der Waals surface area contributed by atoms with Crippen molar-refractivity contribution in [3.05, 3.63) is 57.6 Å². The van der Waals surface area contributed by atoms with Gasteiger partial charge in [0.25, 0.3) is 5.91 Å². The van der Waals surface area contributed by atoms with Gasteiger partial charge >= 0.3 is 0 Å². The quantitative estimate of drug-likeness (QED) is 0.425. The van der Waals surface area contributed by atoms with Crippen LogP contribution in [0.5, 0.6) is 5.75 Å². The van der Waals surface area contributed by atoms with Crippen molar-refractivity contribution in [2.75, 3.05) is 57.4 Å². The molecule has 11 heteroatoms. The number of ether oxygens (including phenoxy) is 1. The highest BCUT2D eigenvalue weighted by Gasteiger charge is 2.27. The number of phenols is 1. The van der Waals surface area contributed by atoms with Crippen LogP contribution in [0.1, 0.15) is 34.7 Å². The molecule has 2 aliphatic heterocycles. The molecule has 0 aliphatic carbocycles. The number of rotatable bonds is 8. The Morgan fingerprint density at radius 2 is 1.68 bits per heavy atom. The van der Waals surface area contributed by atoms with E-state index in [1.54, 1.807) is 12.1 Å². The van der Waals surface area contributed by atoms with Gasteiger partial charge in [-0.1, -0.05) is 23.2 Å². The standard InChI is InChI=1S/C27H31Cl2N5O4/c28-23-15-19(16-24(29)25(23)35)22(27(37)31-8-7-30)17-32-26(36)18-1-3-20(4-2-18)33-9-5-21(6-10-33)34-11-13-38-14-12-34/h1-4,15-16,21-22,35H,5-6,8-14,17H2,(H,31,37)(H,32,36). The number of amides is 2. The van der Waals surface area contributed by atoms with Crippen molar-refractivity contribution in [1.82, 2.24) is 15.5 Å². The maximum absolute atomic E-state index is 12.9. The number of carbonyl (C=O) groups is 2. The zero-order valence-corrected chi connectivity index (χ0v) is 22.5. The molecule has 38 heavy (non-hydrogen) atoms. The number of phenolic OH excluding ortho intramolecular Hbond substituents is 1. The van der Waals surface area contributed by atoms with Gasteiger partial charge < -0.3 is 25.4 Å². The molecule has 2 heterocycles. The largest absolute Gasteiger partial charge is 0.505 e. The first-order valence-electron chi connectivity index (χ1n) is 12.6. The molecule has 1 unspecified atom stereocenters. The third-order valence-corrected chi connectivity index (χ3v) is 7.66. The lowest BCUT2D eigenvalue weighted by Gasteiger charge is -2.40. The van der Waals surface area contributed by atoms with E-state index >= 15 is 0 Å². The summed E-state index contributed by atoms with van der Waals surface area (Å²) in [5.41, 5.74) is 1.95. The van der Waals surface area contributed by atoms with Crippen molar-refractivity contribution in [2.24, 2.45) is 0 Å². The second kappa shape index (κ2) is 13.2. The van der Waals surface area contributed by atoms with Crippen LogP contribution in [0.15, 0.2) is 36.4 Å². The van der Waals surface area contributed by atoms with Crippen molar-refractivity contribution < 1.29 is 19.4 Å². The molecule has 0 saturated carbocycles. The molecule has 2 amide bonds. The molecule has 2 aliphatic rings. The van der Waals surface area contributed by atoms with Gasteiger partial charge in [0.05, 0.1) is 35.2 Å². The Balaban J connectivity index is 1.36. The van der Waals surface area contributed by atoms with Crippen LogP contribution in [0.25, 0.3) is 0 Å². The van der Waals surface area contributed by atoms with Crippen molar-refractivity contribution >= 4 is 40.7 Å². The average Bonchev–Trinajstić information content (AvgIpc) is 2.95. The number of benzene rings is 2. The van der Waals surface area contributed by atoms with Gasteiger partial charge in [0.2, 0.25) is 5.91 Å². The lowest BCUT2D eigenvalue weighted by atomic mass is 9.97. The molecular weight excluding hydrogens is 529 g/mol. The molecule has 2 aromatic carbocycles. The van der Waals surface area contributed by atoms with Crippen molar-refractivity contribution in [3.8, 4) is 11.8 Å². The Hall–Kier alpha value is -3.03. The number of nitriles is 1. The molecule has 2 fully saturated rings. The lowest BCUT2D eigenvalue weighted by molar-refractivity contribution is -0.122. The highest BCUT2D eigenvalue weighted by molar-refractivity contribution is 6.37. The SMILES string of the molecule is N#CCNC(=O)C(CNC(=O)c1ccc(N2CCC(N3CCOCC3)CC2)cc1)c1cc(Cl)c(O)c(Cl)c1. The van der Waals surface area contributed by atoms with Crippen LogP contribution in [-0.4, -0.2) is 80.3 Å². The molecule has 3 N–H and O–H groups in total. The molecule has 0 bridgehead atoms. The van der Waals surface area contributed by atoms with Crippen LogP contribution in [-0.2, 0) is 9.53 Å². The summed E-state index contributed by atoms with van der Waals surface area (Å²) in [5.74, 6) is -1.96. The summed E-state index contributed by atoms with van der Waals surface area (Å²) in [5, 5.41) is 24.0. The molecule has 4 rings (SSSR count). The normalized spacial score (nSPS) is 17.4. The summed E-state index contributed by atoms with van der Waals surface area (Å²) in [7, 11) is 0. The fourth-order valence-electron chi connectivity index (χ4n) is 4.95. The Bertz CT molecular complexity index is 1150. The number of nitrogens with one attached hydrogen (secondary N) is 2. The highest BCUT2D eigenvalue weighted by Crippen LogP contribution is 2.35. The van der Waals surface area contributed by atoms with E-state index in [2.05, 4.69) is 20.4 Å². The van der Waals surface area contributed by atoms with Crippen LogP contribution in [0.3, 0.4) is 0 Å². The summed E-state index contributed by atoms with van der Waals surface area (Å²) in [4.78, 5) is 30.5. The Morgan fingerprint density at radius 3 is 2.29 bits per heavy atom. The number of hydrogen-bond acceptors (Lipinski definition) is 7. The molecule has 1 atom stereocenters. The van der Waals surface area contributed by atoms with E-state index in [4.69, 9.17) is 33.2 Å². The highest BCUT2D eigenvalue weighted by atomic mass is 35.5. The van der Waals surface area contributed by atoms with E-state index in [1.165, 1.54) is 12.1 Å². The predicted octanol–water partition coefficient (Wildman–Crippen LogP) is 3.15. The molecule has 0 spiro atoms. The maximum Gasteiger partial charge on any atom is 0.251 e. The van der Waals surface area contributed by atoms with Crippen LogP contribution in [0.2, 0.25) is 10.0 Å². The number of piperidine rings is 1. The van der Waals surface area contributed by atoms with Gasteiger partial charge in [-0.25, -0.2) is 0 Å². The van der Waals surface area contributed by atoms with Crippen molar-refractivity contribution in [2.45, 2.75) is 24.8 Å². The van der Waals surface area contributed by atoms with E-state index in [1.807, 2.05) is 18.2 Å². The van der Waals surface area contributed by atoms with Gasteiger partial charge in [0, 0.05) is 50.0 Å². The zero-order chi connectivity index (χ0) is 27.1. The predicted molar refractivity (Wildman–Crippen MR) is 146 cm³/mol. The molecular formula is C27H31Cl2N5O4. The maximum atomic E-state index is 12.9. The number of hydrogen-bond donors (Lipinski definition) is 3. The fraction of sp³-hybridized carbons (Fsp3) is 0.444. The summed E-state index contributed by atoms with van der Waals surface area (Å²) in [6, 6.07) is 12.7. The summed E-state index contributed by atoms with van der Waals surface area (Å²) in [6.45, 7) is 5.31. The average molecular weight is 560 g/mol. The van der Waals surface area contributed by atoms with Crippen LogP contribution in [0.4, 0.5) is 5.69 Å². The van der Waals surface area contributed by atoms with E-state index in [0.717, 1.165) is 57.9 Å². The Morgan fingerprint density at radius 1 is 1.05 bits per heavy atom. The summed E-state index contributed by atoms with van der Waals surface area (Å²) >= 11 is 12.1. The van der Waals surface area contributed by atoms with E-state index in [-0.39, 0.29) is 34.8 Å². The number of nitrogens with zero attached hydrogens (tertiary/aromatic N) is 3. The van der Waals surface area contributed by atoms with Crippen LogP contribution >= 0.6 is 23.2 Å². The van der Waals surface area contributed by atoms with Gasteiger partial charge in [0.15, 0.2) is 5.75 Å². The van der Waals surface area contributed by atoms with Gasteiger partial charge in [0.1, 0.15) is 6.54 Å². The van der Waals surface area contributed by atoms with Gasteiger partial charge in [-0.15, -0.1) is 0 Å². The summed E-state index contributed by atoms with van der Waals surface area (Å²) in [6.07, 6.45) is 2.20. The molecule has 202 valence electrons. The number of carbonyl (C=O) groups excluding carboxylic acids is 2. The second-order valence-corrected chi connectivity index (χ2v) is 10.2. The smallest absolute Gasteiger partial charge is 0.251 e. The monoisotopic (exact) mass is 559 g/mol. The minimum Gasteiger partial charge on any atom is -0.505 e. The lowest BCUT2D eigenvalue weighted by Crippen LogP contribution is -2.49. The molecule has 9 nitrogen and oxygen atoms in total. The number of anilines is 1. The van der Waals surface area contributed by atoms with Crippen LogP contribution < -0.4 is 15.5 Å². The zero-order valence-electron chi connectivity index (χ0n) is 21.0. The Kier molecular flexibility index (Phi) is 9.69. The summed E-state index contributed by atoms with van der Waals surface area (Å²) < 4.78 is 5.47. The first-order valence-corrected chi connectivity index (χ1v) is 13.4. The first kappa shape index (κ1) is 28.0. The number of morpholine rings is 1. The third kappa shape index (κ3) is 6.88. The van der Waals surface area contributed by atoms with E-state index < -0.39 is 11.8 Å². The van der Waals surface area contributed by atoms with Gasteiger partial charge in [-0.05, 0) is 54.8 Å². The first-order chi connectivity index (χ1) is 18.4. The van der Waals surface area contributed by atoms with E-state index in [0.29, 0.717) is 17.2 Å². The minimum atomic E-state index is -0.866. The topological polar surface area (TPSA) is 118 Å². The molecule has 0 aromatic heterocycles. The fourth-order valence-corrected chi connectivity index (χ4v) is 5.45.